The highest BCUT2D eigenvalue weighted by atomic mass is 16.5. The molecule has 3 rings (SSSR count). The van der Waals surface area contributed by atoms with Crippen LogP contribution in [0, 0.1) is 0 Å². The fraction of sp³-hybridized carbons (Fsp3) is 0.500. The first kappa shape index (κ1) is 9.04. The van der Waals surface area contributed by atoms with Crippen molar-refractivity contribution in [3.8, 4) is 11.5 Å². The van der Waals surface area contributed by atoms with Gasteiger partial charge in [-0.1, -0.05) is 0 Å². The maximum absolute atomic E-state index is 5.98. The standard InChI is InChI=1S/C12H15NO2/c1-7(13)10-6-8-2-4-14-11(8)12-9(10)3-5-15-12/h6-7H,2-5,13H2,1H3. The lowest BCUT2D eigenvalue weighted by molar-refractivity contribution is 0.310. The van der Waals surface area contributed by atoms with Crippen LogP contribution in [-0.4, -0.2) is 13.2 Å². The number of rotatable bonds is 1. The molecule has 0 radical (unpaired) electrons. The molecule has 0 fully saturated rings. The number of hydrogen-bond acceptors (Lipinski definition) is 3. The summed E-state index contributed by atoms with van der Waals surface area (Å²) < 4.78 is 11.3. The van der Waals surface area contributed by atoms with Crippen molar-refractivity contribution in [3.05, 3.63) is 22.8 Å². The highest BCUT2D eigenvalue weighted by molar-refractivity contribution is 5.59. The molecule has 0 saturated heterocycles. The predicted octanol–water partition coefficient (Wildman–Crippen LogP) is 1.58. The van der Waals surface area contributed by atoms with E-state index in [0.29, 0.717) is 0 Å². The highest BCUT2D eigenvalue weighted by Gasteiger charge is 2.28. The number of hydrogen-bond donors (Lipinski definition) is 1. The molecule has 0 bridgehead atoms. The van der Waals surface area contributed by atoms with Gasteiger partial charge in [-0.05, 0) is 18.6 Å². The molecule has 1 unspecified atom stereocenters. The zero-order chi connectivity index (χ0) is 10.4. The van der Waals surface area contributed by atoms with Crippen LogP contribution in [0.25, 0.3) is 0 Å². The van der Waals surface area contributed by atoms with E-state index in [0.717, 1.165) is 37.6 Å². The molecular weight excluding hydrogens is 190 g/mol. The van der Waals surface area contributed by atoms with Gasteiger partial charge >= 0.3 is 0 Å². The fourth-order valence-electron chi connectivity index (χ4n) is 2.43. The van der Waals surface area contributed by atoms with E-state index in [1.165, 1.54) is 16.7 Å². The number of fused-ring (bicyclic) bond motifs is 3. The van der Waals surface area contributed by atoms with Crippen LogP contribution < -0.4 is 15.2 Å². The summed E-state index contributed by atoms with van der Waals surface area (Å²) in [5.74, 6) is 1.92. The normalized spacial score (nSPS) is 19.1. The lowest BCUT2D eigenvalue weighted by atomic mass is 9.96. The largest absolute Gasteiger partial charge is 0.489 e. The third-order valence-corrected chi connectivity index (χ3v) is 3.16. The van der Waals surface area contributed by atoms with Gasteiger partial charge in [-0.25, -0.2) is 0 Å². The van der Waals surface area contributed by atoms with Crippen molar-refractivity contribution in [1.29, 1.82) is 0 Å². The van der Waals surface area contributed by atoms with Crippen molar-refractivity contribution in [1.82, 2.24) is 0 Å². The first-order chi connectivity index (χ1) is 7.27. The molecule has 2 aliphatic rings. The van der Waals surface area contributed by atoms with Gasteiger partial charge in [0.1, 0.15) is 0 Å². The summed E-state index contributed by atoms with van der Waals surface area (Å²) in [6, 6.07) is 2.27. The molecule has 0 spiro atoms. The van der Waals surface area contributed by atoms with Crippen molar-refractivity contribution >= 4 is 0 Å². The summed E-state index contributed by atoms with van der Waals surface area (Å²) in [5.41, 5.74) is 9.72. The Morgan fingerprint density at radius 2 is 1.93 bits per heavy atom. The smallest absolute Gasteiger partial charge is 0.165 e. The molecule has 2 N–H and O–H groups in total. The Hall–Kier alpha value is -1.22. The average molecular weight is 205 g/mol. The molecule has 1 atom stereocenters. The molecule has 0 aromatic heterocycles. The summed E-state index contributed by atoms with van der Waals surface area (Å²) >= 11 is 0. The predicted molar refractivity (Wildman–Crippen MR) is 57.4 cm³/mol. The average Bonchev–Trinajstić information content (AvgIpc) is 2.83. The number of benzene rings is 1. The Kier molecular flexibility index (Phi) is 1.89. The SMILES string of the molecule is CC(N)c1cc2c(c3c1CCO3)OCC2. The van der Waals surface area contributed by atoms with E-state index in [1.807, 2.05) is 6.92 Å². The second-order valence-corrected chi connectivity index (χ2v) is 4.25. The van der Waals surface area contributed by atoms with Crippen molar-refractivity contribution < 1.29 is 9.47 Å². The Bertz CT molecular complexity index is 413. The van der Waals surface area contributed by atoms with Crippen LogP contribution in [0.15, 0.2) is 6.07 Å². The zero-order valence-electron chi connectivity index (χ0n) is 8.88. The Balaban J connectivity index is 2.22. The highest BCUT2D eigenvalue weighted by Crippen LogP contribution is 2.44. The molecule has 3 heteroatoms. The molecule has 15 heavy (non-hydrogen) atoms. The van der Waals surface area contributed by atoms with Crippen molar-refractivity contribution in [2.24, 2.45) is 5.73 Å². The zero-order valence-corrected chi connectivity index (χ0v) is 8.88. The topological polar surface area (TPSA) is 44.5 Å². The molecule has 3 nitrogen and oxygen atoms in total. The minimum absolute atomic E-state index is 0.0753. The van der Waals surface area contributed by atoms with Crippen LogP contribution in [0.2, 0.25) is 0 Å². The molecule has 80 valence electrons. The molecule has 0 saturated carbocycles. The Morgan fingerprint density at radius 3 is 2.73 bits per heavy atom. The van der Waals surface area contributed by atoms with Crippen molar-refractivity contribution in [2.45, 2.75) is 25.8 Å². The van der Waals surface area contributed by atoms with Gasteiger partial charge in [0.25, 0.3) is 0 Å². The van der Waals surface area contributed by atoms with E-state index < -0.39 is 0 Å². The van der Waals surface area contributed by atoms with Crippen LogP contribution in [0.5, 0.6) is 11.5 Å². The summed E-state index contributed by atoms with van der Waals surface area (Å²) in [6.07, 6.45) is 1.94. The fourth-order valence-corrected chi connectivity index (χ4v) is 2.43. The summed E-state index contributed by atoms with van der Waals surface area (Å²) in [4.78, 5) is 0. The Morgan fingerprint density at radius 1 is 1.20 bits per heavy atom. The van der Waals surface area contributed by atoms with Gasteiger partial charge in [0, 0.05) is 30.0 Å². The quantitative estimate of drug-likeness (QED) is 0.757. The van der Waals surface area contributed by atoms with Crippen LogP contribution in [-0.2, 0) is 12.8 Å². The van der Waals surface area contributed by atoms with Gasteiger partial charge < -0.3 is 15.2 Å². The molecule has 0 amide bonds. The van der Waals surface area contributed by atoms with Crippen LogP contribution >= 0.6 is 0 Å². The molecule has 2 heterocycles. The van der Waals surface area contributed by atoms with E-state index in [4.69, 9.17) is 15.2 Å². The third-order valence-electron chi connectivity index (χ3n) is 3.16. The number of nitrogens with two attached hydrogens (primary N) is 1. The van der Waals surface area contributed by atoms with E-state index in [1.54, 1.807) is 0 Å². The minimum Gasteiger partial charge on any atom is -0.489 e. The van der Waals surface area contributed by atoms with Gasteiger partial charge in [-0.2, -0.15) is 0 Å². The lowest BCUT2D eigenvalue weighted by Gasteiger charge is -2.13. The van der Waals surface area contributed by atoms with Gasteiger partial charge in [0.05, 0.1) is 13.2 Å². The van der Waals surface area contributed by atoms with E-state index in [9.17, 15) is 0 Å². The number of ether oxygens (including phenoxy) is 2. The van der Waals surface area contributed by atoms with Gasteiger partial charge in [0.2, 0.25) is 0 Å². The second kappa shape index (κ2) is 3.14. The van der Waals surface area contributed by atoms with Crippen molar-refractivity contribution in [2.75, 3.05) is 13.2 Å². The molecule has 1 aromatic rings. The van der Waals surface area contributed by atoms with Gasteiger partial charge in [-0.3, -0.25) is 0 Å². The van der Waals surface area contributed by atoms with E-state index in [2.05, 4.69) is 6.07 Å². The monoisotopic (exact) mass is 205 g/mol. The summed E-state index contributed by atoms with van der Waals surface area (Å²) in [5, 5.41) is 0. The minimum atomic E-state index is 0.0753. The summed E-state index contributed by atoms with van der Waals surface area (Å²) in [6.45, 7) is 3.55. The van der Waals surface area contributed by atoms with Gasteiger partial charge in [-0.15, -0.1) is 0 Å². The Labute approximate surface area is 89.2 Å². The van der Waals surface area contributed by atoms with Crippen molar-refractivity contribution in [3.63, 3.8) is 0 Å². The first-order valence-corrected chi connectivity index (χ1v) is 5.47. The van der Waals surface area contributed by atoms with E-state index in [-0.39, 0.29) is 6.04 Å². The molecular formula is C12H15NO2. The molecule has 1 aromatic carbocycles. The maximum Gasteiger partial charge on any atom is 0.165 e. The lowest BCUT2D eigenvalue weighted by Crippen LogP contribution is -2.08. The van der Waals surface area contributed by atoms with Crippen LogP contribution in [0.1, 0.15) is 29.7 Å². The van der Waals surface area contributed by atoms with Crippen LogP contribution in [0.3, 0.4) is 0 Å². The van der Waals surface area contributed by atoms with Crippen LogP contribution in [0.4, 0.5) is 0 Å². The van der Waals surface area contributed by atoms with E-state index >= 15 is 0 Å². The van der Waals surface area contributed by atoms with Gasteiger partial charge in [0.15, 0.2) is 11.5 Å². The molecule has 0 aliphatic carbocycles. The third kappa shape index (κ3) is 1.23. The molecule has 2 aliphatic heterocycles. The summed E-state index contributed by atoms with van der Waals surface area (Å²) in [7, 11) is 0. The first-order valence-electron chi connectivity index (χ1n) is 5.47. The second-order valence-electron chi connectivity index (χ2n) is 4.25. The maximum atomic E-state index is 5.98.